The number of aromatic nitrogens is 1. The first-order chi connectivity index (χ1) is 12.0. The molecule has 0 saturated carbocycles. The number of hydrogen-bond donors (Lipinski definition) is 0. The van der Waals surface area contributed by atoms with Gasteiger partial charge in [0.25, 0.3) is 5.91 Å². The van der Waals surface area contributed by atoms with E-state index in [-0.39, 0.29) is 23.5 Å². The van der Waals surface area contributed by atoms with Crippen LogP contribution < -0.4 is 4.74 Å². The van der Waals surface area contributed by atoms with Gasteiger partial charge in [0.2, 0.25) is 5.88 Å². The molecule has 0 spiro atoms. The highest BCUT2D eigenvalue weighted by molar-refractivity contribution is 5.81. The van der Waals surface area contributed by atoms with Crippen LogP contribution in [0.15, 0.2) is 18.2 Å². The molecule has 2 unspecified atom stereocenters. The molecule has 2 atom stereocenters. The first-order valence-corrected chi connectivity index (χ1v) is 9.05. The van der Waals surface area contributed by atoms with E-state index in [1.54, 1.807) is 7.11 Å². The van der Waals surface area contributed by atoms with E-state index >= 15 is 0 Å². The van der Waals surface area contributed by atoms with E-state index in [4.69, 9.17) is 14.2 Å². The van der Waals surface area contributed by atoms with Crippen molar-refractivity contribution in [1.29, 1.82) is 0 Å². The van der Waals surface area contributed by atoms with Gasteiger partial charge in [0, 0.05) is 18.0 Å². The Kier molecular flexibility index (Phi) is 5.59. The summed E-state index contributed by atoms with van der Waals surface area (Å²) in [6.45, 7) is 6.74. The maximum atomic E-state index is 13.1. The predicted octanol–water partition coefficient (Wildman–Crippen LogP) is 2.41. The van der Waals surface area contributed by atoms with Crippen LogP contribution in [-0.2, 0) is 20.8 Å². The van der Waals surface area contributed by atoms with Crippen LogP contribution in [0.5, 0.6) is 5.88 Å². The van der Waals surface area contributed by atoms with E-state index in [9.17, 15) is 4.79 Å². The lowest BCUT2D eigenvalue weighted by Crippen LogP contribution is -2.52. The molecule has 6 nitrogen and oxygen atoms in total. The molecule has 2 aliphatic rings. The Morgan fingerprint density at radius 3 is 2.80 bits per heavy atom. The highest BCUT2D eigenvalue weighted by Crippen LogP contribution is 2.30. The van der Waals surface area contributed by atoms with Gasteiger partial charge in [0.15, 0.2) is 0 Å². The van der Waals surface area contributed by atoms with Gasteiger partial charge in [-0.05, 0) is 25.3 Å². The van der Waals surface area contributed by atoms with Crippen LogP contribution in [0.1, 0.15) is 38.8 Å². The smallest absolute Gasteiger partial charge is 0.252 e. The summed E-state index contributed by atoms with van der Waals surface area (Å²) in [6, 6.07) is 5.63. The summed E-state index contributed by atoms with van der Waals surface area (Å²) in [5.41, 5.74) is 0.832. The fraction of sp³-hybridized carbons (Fsp3) is 0.684. The zero-order valence-corrected chi connectivity index (χ0v) is 15.4. The molecule has 1 aromatic rings. The first kappa shape index (κ1) is 18.1. The van der Waals surface area contributed by atoms with Crippen molar-refractivity contribution in [2.45, 2.75) is 51.9 Å². The van der Waals surface area contributed by atoms with Gasteiger partial charge in [0.1, 0.15) is 6.10 Å². The van der Waals surface area contributed by atoms with Gasteiger partial charge in [-0.3, -0.25) is 4.79 Å². The summed E-state index contributed by atoms with van der Waals surface area (Å²) < 4.78 is 16.5. The molecule has 138 valence electrons. The third-order valence-electron chi connectivity index (χ3n) is 4.97. The number of ether oxygens (including phenoxy) is 3. The predicted molar refractivity (Wildman–Crippen MR) is 93.3 cm³/mol. The average molecular weight is 348 g/mol. The molecule has 0 aliphatic carbocycles. The zero-order chi connectivity index (χ0) is 17.9. The van der Waals surface area contributed by atoms with Crippen molar-refractivity contribution in [2.24, 2.45) is 5.41 Å². The highest BCUT2D eigenvalue weighted by Gasteiger charge is 2.39. The van der Waals surface area contributed by atoms with Crippen LogP contribution in [-0.4, -0.2) is 54.9 Å². The highest BCUT2D eigenvalue weighted by atomic mass is 16.5. The number of pyridine rings is 1. The Bertz CT molecular complexity index is 603. The van der Waals surface area contributed by atoms with Crippen molar-refractivity contribution >= 4 is 5.91 Å². The second kappa shape index (κ2) is 7.70. The summed E-state index contributed by atoms with van der Waals surface area (Å²) in [5, 5.41) is 0. The zero-order valence-electron chi connectivity index (χ0n) is 15.4. The summed E-state index contributed by atoms with van der Waals surface area (Å²) in [6.07, 6.45) is 2.58. The van der Waals surface area contributed by atoms with E-state index in [2.05, 4.69) is 18.8 Å². The Morgan fingerprint density at radius 2 is 2.20 bits per heavy atom. The molecule has 2 fully saturated rings. The van der Waals surface area contributed by atoms with E-state index in [1.807, 2.05) is 23.1 Å². The maximum Gasteiger partial charge on any atom is 0.252 e. The van der Waals surface area contributed by atoms with Gasteiger partial charge >= 0.3 is 0 Å². The van der Waals surface area contributed by atoms with E-state index in [1.165, 1.54) is 0 Å². The SMILES string of the molecule is CCC1CCC(C(=O)N(Cc2cccc(OC)n2)CC2(C)COC2)O1. The quantitative estimate of drug-likeness (QED) is 0.757. The summed E-state index contributed by atoms with van der Waals surface area (Å²) >= 11 is 0. The topological polar surface area (TPSA) is 60.9 Å². The second-order valence-corrected chi connectivity index (χ2v) is 7.40. The number of carbonyl (C=O) groups excluding carboxylic acids is 1. The van der Waals surface area contributed by atoms with Crippen molar-refractivity contribution in [2.75, 3.05) is 26.9 Å². The third kappa shape index (κ3) is 4.30. The van der Waals surface area contributed by atoms with Gasteiger partial charge in [-0.15, -0.1) is 0 Å². The second-order valence-electron chi connectivity index (χ2n) is 7.40. The molecular formula is C19H28N2O4. The van der Waals surface area contributed by atoms with Crippen LogP contribution >= 0.6 is 0 Å². The Morgan fingerprint density at radius 1 is 1.40 bits per heavy atom. The van der Waals surface area contributed by atoms with Crippen LogP contribution in [0.4, 0.5) is 0 Å². The van der Waals surface area contributed by atoms with Gasteiger partial charge < -0.3 is 19.1 Å². The lowest BCUT2D eigenvalue weighted by molar-refractivity contribution is -0.155. The minimum absolute atomic E-state index is 0.0112. The van der Waals surface area contributed by atoms with Gasteiger partial charge in [-0.2, -0.15) is 0 Å². The number of nitrogens with zero attached hydrogens (tertiary/aromatic N) is 2. The molecule has 6 heteroatoms. The Labute approximate surface area is 149 Å². The molecular weight excluding hydrogens is 320 g/mol. The number of rotatable bonds is 7. The fourth-order valence-electron chi connectivity index (χ4n) is 3.46. The van der Waals surface area contributed by atoms with Crippen molar-refractivity contribution < 1.29 is 19.0 Å². The number of hydrogen-bond acceptors (Lipinski definition) is 5. The largest absolute Gasteiger partial charge is 0.481 e. The minimum atomic E-state index is -0.333. The van der Waals surface area contributed by atoms with Crippen molar-refractivity contribution in [3.63, 3.8) is 0 Å². The van der Waals surface area contributed by atoms with Gasteiger partial charge in [-0.25, -0.2) is 4.98 Å². The number of carbonyl (C=O) groups is 1. The third-order valence-corrected chi connectivity index (χ3v) is 4.97. The molecule has 2 aliphatic heterocycles. The molecule has 1 amide bonds. The van der Waals surface area contributed by atoms with Crippen molar-refractivity contribution in [3.05, 3.63) is 23.9 Å². The first-order valence-electron chi connectivity index (χ1n) is 9.05. The van der Waals surface area contributed by atoms with Gasteiger partial charge in [0.05, 0.1) is 38.7 Å². The molecule has 2 saturated heterocycles. The summed E-state index contributed by atoms with van der Waals surface area (Å²) in [4.78, 5) is 19.4. The van der Waals surface area contributed by atoms with Crippen molar-refractivity contribution in [3.8, 4) is 5.88 Å². The molecule has 3 rings (SSSR count). The monoisotopic (exact) mass is 348 g/mol. The molecule has 3 heterocycles. The summed E-state index contributed by atoms with van der Waals surface area (Å²) in [5.74, 6) is 0.625. The van der Waals surface area contributed by atoms with Crippen LogP contribution in [0.2, 0.25) is 0 Å². The molecule has 25 heavy (non-hydrogen) atoms. The number of amides is 1. The van der Waals surface area contributed by atoms with E-state index in [0.29, 0.717) is 32.2 Å². The van der Waals surface area contributed by atoms with Crippen LogP contribution in [0.3, 0.4) is 0 Å². The molecule has 0 N–H and O–H groups in total. The molecule has 0 aromatic carbocycles. The lowest BCUT2D eigenvalue weighted by atomic mass is 9.88. The van der Waals surface area contributed by atoms with Crippen LogP contribution in [0, 0.1) is 5.41 Å². The molecule has 1 aromatic heterocycles. The minimum Gasteiger partial charge on any atom is -0.481 e. The van der Waals surface area contributed by atoms with Crippen LogP contribution in [0.25, 0.3) is 0 Å². The number of methoxy groups -OCH3 is 1. The normalized spacial score (nSPS) is 24.6. The average Bonchev–Trinajstić information content (AvgIpc) is 3.08. The Balaban J connectivity index is 1.73. The van der Waals surface area contributed by atoms with Gasteiger partial charge in [-0.1, -0.05) is 19.9 Å². The molecule has 0 radical (unpaired) electrons. The van der Waals surface area contributed by atoms with E-state index < -0.39 is 0 Å². The fourth-order valence-corrected chi connectivity index (χ4v) is 3.46. The molecule has 0 bridgehead atoms. The standard InChI is InChI=1S/C19H28N2O4/c1-4-15-8-9-16(25-15)18(22)21(11-19(2)12-24-13-19)10-14-6-5-7-17(20-14)23-3/h5-7,15-16H,4,8-13H2,1-3H3. The summed E-state index contributed by atoms with van der Waals surface area (Å²) in [7, 11) is 1.60. The lowest BCUT2D eigenvalue weighted by Gasteiger charge is -2.42. The van der Waals surface area contributed by atoms with E-state index in [0.717, 1.165) is 25.0 Å². The maximum absolute atomic E-state index is 13.1. The Hall–Kier alpha value is -1.66. The van der Waals surface area contributed by atoms with Crippen molar-refractivity contribution in [1.82, 2.24) is 9.88 Å².